The summed E-state index contributed by atoms with van der Waals surface area (Å²) >= 11 is 0. The van der Waals surface area contributed by atoms with Gasteiger partial charge in [-0.05, 0) is 37.6 Å². The second kappa shape index (κ2) is 6.66. The summed E-state index contributed by atoms with van der Waals surface area (Å²) < 4.78 is 3.36. The molecule has 24 heavy (non-hydrogen) atoms. The van der Waals surface area contributed by atoms with Crippen molar-refractivity contribution in [3.8, 4) is 5.69 Å². The smallest absolute Gasteiger partial charge is 0.247 e. The molecule has 2 unspecified atom stereocenters. The number of carbonyl (C=O) groups is 1. The SMILES string of the molecule is CC(c1ccc(-n2cncn2)cc1)N(C)C(=O)C(C)n1cccn1. The third kappa shape index (κ3) is 3.05. The molecule has 0 fully saturated rings. The number of benzene rings is 1. The predicted molar refractivity (Wildman–Crippen MR) is 89.5 cm³/mol. The van der Waals surface area contributed by atoms with Crippen LogP contribution in [0, 0.1) is 0 Å². The zero-order valence-corrected chi connectivity index (χ0v) is 13.9. The van der Waals surface area contributed by atoms with E-state index in [4.69, 9.17) is 0 Å². The molecule has 124 valence electrons. The van der Waals surface area contributed by atoms with Gasteiger partial charge in [0, 0.05) is 19.4 Å². The zero-order valence-electron chi connectivity index (χ0n) is 13.9. The van der Waals surface area contributed by atoms with E-state index in [9.17, 15) is 4.79 Å². The molecule has 2 aromatic heterocycles. The number of carbonyl (C=O) groups excluding carboxylic acids is 1. The van der Waals surface area contributed by atoms with E-state index in [1.54, 1.807) is 33.0 Å². The molecule has 2 heterocycles. The van der Waals surface area contributed by atoms with Crippen molar-refractivity contribution >= 4 is 5.91 Å². The van der Waals surface area contributed by atoms with Gasteiger partial charge in [0.1, 0.15) is 18.7 Å². The van der Waals surface area contributed by atoms with Crippen molar-refractivity contribution in [3.63, 3.8) is 0 Å². The molecule has 0 aliphatic carbocycles. The van der Waals surface area contributed by atoms with Crippen LogP contribution in [0.3, 0.4) is 0 Å². The van der Waals surface area contributed by atoms with Crippen molar-refractivity contribution in [2.24, 2.45) is 0 Å². The van der Waals surface area contributed by atoms with Crippen LogP contribution in [-0.2, 0) is 4.79 Å². The molecular weight excluding hydrogens is 304 g/mol. The number of likely N-dealkylation sites (N-methyl/N-ethyl adjacent to an activating group) is 1. The minimum absolute atomic E-state index is 0.0200. The van der Waals surface area contributed by atoms with Crippen molar-refractivity contribution in [1.82, 2.24) is 29.4 Å². The van der Waals surface area contributed by atoms with E-state index < -0.39 is 0 Å². The average molecular weight is 324 g/mol. The van der Waals surface area contributed by atoms with E-state index in [0.717, 1.165) is 11.3 Å². The first-order valence-corrected chi connectivity index (χ1v) is 7.78. The Kier molecular flexibility index (Phi) is 4.41. The summed E-state index contributed by atoms with van der Waals surface area (Å²) in [5.74, 6) is 0.0200. The zero-order chi connectivity index (χ0) is 17.1. The molecule has 7 heteroatoms. The van der Waals surface area contributed by atoms with Gasteiger partial charge >= 0.3 is 0 Å². The lowest BCUT2D eigenvalue weighted by Gasteiger charge is -2.28. The molecule has 7 nitrogen and oxygen atoms in total. The molecule has 0 saturated carbocycles. The third-order valence-corrected chi connectivity index (χ3v) is 4.27. The highest BCUT2D eigenvalue weighted by molar-refractivity contribution is 5.80. The molecule has 1 aromatic carbocycles. The van der Waals surface area contributed by atoms with Gasteiger partial charge in [-0.3, -0.25) is 9.48 Å². The van der Waals surface area contributed by atoms with E-state index in [0.29, 0.717) is 0 Å². The quantitative estimate of drug-likeness (QED) is 0.722. The topological polar surface area (TPSA) is 68.8 Å². The van der Waals surface area contributed by atoms with Crippen LogP contribution in [-0.4, -0.2) is 42.4 Å². The molecule has 0 spiro atoms. The second-order valence-corrected chi connectivity index (χ2v) is 5.72. The van der Waals surface area contributed by atoms with Gasteiger partial charge in [-0.1, -0.05) is 12.1 Å². The number of amides is 1. The lowest BCUT2D eigenvalue weighted by atomic mass is 10.1. The maximum absolute atomic E-state index is 12.7. The predicted octanol–water partition coefficient (Wildman–Crippen LogP) is 2.24. The maximum Gasteiger partial charge on any atom is 0.247 e. The Labute approximate surface area is 140 Å². The molecule has 1 amide bonds. The third-order valence-electron chi connectivity index (χ3n) is 4.27. The number of hydrogen-bond acceptors (Lipinski definition) is 4. The van der Waals surface area contributed by atoms with Gasteiger partial charge in [-0.2, -0.15) is 10.2 Å². The average Bonchev–Trinajstić information content (AvgIpc) is 3.32. The molecule has 3 rings (SSSR count). The fourth-order valence-corrected chi connectivity index (χ4v) is 2.58. The monoisotopic (exact) mass is 324 g/mol. The summed E-state index contributed by atoms with van der Waals surface area (Å²) in [4.78, 5) is 18.3. The highest BCUT2D eigenvalue weighted by Crippen LogP contribution is 2.22. The van der Waals surface area contributed by atoms with Crippen LogP contribution in [0.15, 0.2) is 55.4 Å². The van der Waals surface area contributed by atoms with Crippen LogP contribution in [0.1, 0.15) is 31.5 Å². The molecule has 2 atom stereocenters. The lowest BCUT2D eigenvalue weighted by Crippen LogP contribution is -2.35. The molecule has 0 bridgehead atoms. The van der Waals surface area contributed by atoms with Crippen LogP contribution in [0.2, 0.25) is 0 Å². The van der Waals surface area contributed by atoms with Gasteiger partial charge in [0.25, 0.3) is 0 Å². The molecule has 0 N–H and O–H groups in total. The second-order valence-electron chi connectivity index (χ2n) is 5.72. The Morgan fingerprint density at radius 1 is 1.17 bits per heavy atom. The summed E-state index contributed by atoms with van der Waals surface area (Å²) in [6, 6.07) is 9.39. The number of nitrogens with zero attached hydrogens (tertiary/aromatic N) is 6. The van der Waals surface area contributed by atoms with Crippen molar-refractivity contribution < 1.29 is 4.79 Å². The maximum atomic E-state index is 12.7. The van der Waals surface area contributed by atoms with Crippen molar-refractivity contribution in [1.29, 1.82) is 0 Å². The first-order valence-electron chi connectivity index (χ1n) is 7.78. The van der Waals surface area contributed by atoms with Gasteiger partial charge in [0.05, 0.1) is 11.7 Å². The minimum Gasteiger partial charge on any atom is -0.337 e. The van der Waals surface area contributed by atoms with Crippen LogP contribution in [0.4, 0.5) is 0 Å². The summed E-state index contributed by atoms with van der Waals surface area (Å²) in [5, 5.41) is 8.25. The van der Waals surface area contributed by atoms with Gasteiger partial charge in [-0.25, -0.2) is 9.67 Å². The summed E-state index contributed by atoms with van der Waals surface area (Å²) in [6.07, 6.45) is 6.63. The Bertz CT molecular complexity index is 779. The molecule has 0 saturated heterocycles. The fraction of sp³-hybridized carbons (Fsp3) is 0.294. The van der Waals surface area contributed by atoms with E-state index in [1.165, 1.54) is 6.33 Å². The van der Waals surface area contributed by atoms with Crippen molar-refractivity contribution in [2.75, 3.05) is 7.05 Å². The van der Waals surface area contributed by atoms with Gasteiger partial charge in [0.2, 0.25) is 5.91 Å². The van der Waals surface area contributed by atoms with Crippen LogP contribution < -0.4 is 0 Å². The Balaban J connectivity index is 1.73. The van der Waals surface area contributed by atoms with Crippen molar-refractivity contribution in [3.05, 3.63) is 60.9 Å². The minimum atomic E-state index is -0.332. The first kappa shape index (κ1) is 15.9. The van der Waals surface area contributed by atoms with Gasteiger partial charge < -0.3 is 4.90 Å². The van der Waals surface area contributed by atoms with Gasteiger partial charge in [0.15, 0.2) is 0 Å². The fourth-order valence-electron chi connectivity index (χ4n) is 2.58. The Morgan fingerprint density at radius 2 is 1.92 bits per heavy atom. The van der Waals surface area contributed by atoms with Gasteiger partial charge in [-0.15, -0.1) is 0 Å². The van der Waals surface area contributed by atoms with E-state index in [1.807, 2.05) is 51.2 Å². The van der Waals surface area contributed by atoms with Crippen LogP contribution >= 0.6 is 0 Å². The lowest BCUT2D eigenvalue weighted by molar-refractivity contribution is -0.135. The highest BCUT2D eigenvalue weighted by atomic mass is 16.2. The van der Waals surface area contributed by atoms with Crippen molar-refractivity contribution in [2.45, 2.75) is 25.9 Å². The Morgan fingerprint density at radius 3 is 2.50 bits per heavy atom. The number of aromatic nitrogens is 5. The normalized spacial score (nSPS) is 13.5. The highest BCUT2D eigenvalue weighted by Gasteiger charge is 2.23. The van der Waals surface area contributed by atoms with E-state index in [2.05, 4.69) is 15.2 Å². The number of rotatable bonds is 5. The largest absolute Gasteiger partial charge is 0.337 e. The molecule has 0 aliphatic rings. The molecule has 3 aromatic rings. The molecule has 0 radical (unpaired) electrons. The summed E-state index contributed by atoms with van der Waals surface area (Å²) in [5.41, 5.74) is 1.99. The summed E-state index contributed by atoms with van der Waals surface area (Å²) in [7, 11) is 1.82. The Hall–Kier alpha value is -2.96. The summed E-state index contributed by atoms with van der Waals surface area (Å²) in [6.45, 7) is 3.87. The standard InChI is InChI=1S/C17H20N6O/c1-13(21(3)17(24)14(2)22-10-4-9-19-22)15-5-7-16(8-6-15)23-12-18-11-20-23/h4-14H,1-3H3. The van der Waals surface area contributed by atoms with Crippen LogP contribution in [0.25, 0.3) is 5.69 Å². The van der Waals surface area contributed by atoms with Crippen LogP contribution in [0.5, 0.6) is 0 Å². The molecular formula is C17H20N6O. The first-order chi connectivity index (χ1) is 11.6. The van der Waals surface area contributed by atoms with E-state index >= 15 is 0 Å². The van der Waals surface area contributed by atoms with E-state index in [-0.39, 0.29) is 18.0 Å². The molecule has 0 aliphatic heterocycles. The number of hydrogen-bond donors (Lipinski definition) is 0.